The number of carbonyl (C=O) groups is 2. The average Bonchev–Trinajstić information content (AvgIpc) is 2.83. The standard InChI is InChI=1S/C24H24F2N4O5/c1-2-20(23(31)32)35-22-19(26)10-18(25)21(30-22)34-17-8-14(12-29-24(28)33)7-16(9-17)15-5-3-4-13(6-15)11-27/h3-10,20H,2,11-12,27H2,1H3,(H,31,32)(H3,28,29,33). The lowest BCUT2D eigenvalue weighted by atomic mass is 10.0. The number of urea groups is 1. The fourth-order valence-electron chi connectivity index (χ4n) is 3.20. The van der Waals surface area contributed by atoms with Crippen molar-refractivity contribution in [3.8, 4) is 28.6 Å². The number of nitrogens with zero attached hydrogens (tertiary/aromatic N) is 1. The van der Waals surface area contributed by atoms with Crippen LogP contribution in [0.4, 0.5) is 13.6 Å². The third-order valence-corrected chi connectivity index (χ3v) is 4.91. The summed E-state index contributed by atoms with van der Waals surface area (Å²) in [6.07, 6.45) is -1.34. The Labute approximate surface area is 199 Å². The van der Waals surface area contributed by atoms with Crippen LogP contribution < -0.4 is 26.3 Å². The van der Waals surface area contributed by atoms with Gasteiger partial charge in [0.1, 0.15) is 5.75 Å². The molecule has 0 aliphatic rings. The van der Waals surface area contributed by atoms with Crippen molar-refractivity contribution in [1.29, 1.82) is 0 Å². The third-order valence-electron chi connectivity index (χ3n) is 4.91. The maximum absolute atomic E-state index is 14.5. The van der Waals surface area contributed by atoms with Crippen molar-refractivity contribution in [2.75, 3.05) is 0 Å². The molecule has 3 aromatic rings. The first-order valence-corrected chi connectivity index (χ1v) is 10.6. The summed E-state index contributed by atoms with van der Waals surface area (Å²) in [5.41, 5.74) is 13.8. The van der Waals surface area contributed by atoms with Gasteiger partial charge in [-0.05, 0) is 52.9 Å². The molecular formula is C24H24F2N4O5. The molecule has 2 amide bonds. The van der Waals surface area contributed by atoms with Crippen LogP contribution in [0.1, 0.15) is 24.5 Å². The molecule has 1 unspecified atom stereocenters. The van der Waals surface area contributed by atoms with Gasteiger partial charge in [-0.2, -0.15) is 4.98 Å². The summed E-state index contributed by atoms with van der Waals surface area (Å²) in [6, 6.07) is 12.0. The number of carboxylic acid groups (broad SMARTS) is 1. The van der Waals surface area contributed by atoms with Crippen LogP contribution in [0.5, 0.6) is 17.5 Å². The number of carbonyl (C=O) groups excluding carboxylic acids is 1. The number of amides is 2. The van der Waals surface area contributed by atoms with Crippen LogP contribution in [0.2, 0.25) is 0 Å². The number of hydrogen-bond acceptors (Lipinski definition) is 6. The highest BCUT2D eigenvalue weighted by Gasteiger charge is 2.22. The van der Waals surface area contributed by atoms with E-state index in [1.54, 1.807) is 12.1 Å². The van der Waals surface area contributed by atoms with Gasteiger partial charge in [0.25, 0.3) is 11.8 Å². The van der Waals surface area contributed by atoms with Crippen LogP contribution in [-0.4, -0.2) is 28.2 Å². The van der Waals surface area contributed by atoms with E-state index < -0.39 is 41.5 Å². The molecule has 1 atom stereocenters. The van der Waals surface area contributed by atoms with Crippen molar-refractivity contribution in [3.05, 3.63) is 71.3 Å². The lowest BCUT2D eigenvalue weighted by Crippen LogP contribution is -2.28. The quantitative estimate of drug-likeness (QED) is 0.341. The monoisotopic (exact) mass is 486 g/mol. The zero-order chi connectivity index (χ0) is 25.5. The summed E-state index contributed by atoms with van der Waals surface area (Å²) in [5, 5.41) is 11.6. The highest BCUT2D eigenvalue weighted by molar-refractivity contribution is 5.73. The van der Waals surface area contributed by atoms with Crippen LogP contribution in [-0.2, 0) is 17.9 Å². The number of pyridine rings is 1. The van der Waals surface area contributed by atoms with E-state index in [4.69, 9.17) is 26.0 Å². The Kier molecular flexibility index (Phi) is 8.16. The Hall–Kier alpha value is -4.25. The highest BCUT2D eigenvalue weighted by atomic mass is 19.1. The molecule has 9 nitrogen and oxygen atoms in total. The van der Waals surface area contributed by atoms with Crippen LogP contribution in [0.15, 0.2) is 48.5 Å². The zero-order valence-electron chi connectivity index (χ0n) is 18.8. The number of benzene rings is 2. The second kappa shape index (κ2) is 11.3. The predicted octanol–water partition coefficient (Wildman–Crippen LogP) is 3.69. The lowest BCUT2D eigenvalue weighted by molar-refractivity contribution is -0.145. The van der Waals surface area contributed by atoms with Gasteiger partial charge in [-0.15, -0.1) is 0 Å². The number of aromatic nitrogens is 1. The summed E-state index contributed by atoms with van der Waals surface area (Å²) >= 11 is 0. The molecule has 0 aliphatic heterocycles. The van der Waals surface area contributed by atoms with Gasteiger partial charge in [-0.1, -0.05) is 25.1 Å². The van der Waals surface area contributed by atoms with Crippen LogP contribution in [0, 0.1) is 11.6 Å². The maximum atomic E-state index is 14.5. The summed E-state index contributed by atoms with van der Waals surface area (Å²) in [7, 11) is 0. The van der Waals surface area contributed by atoms with Crippen molar-refractivity contribution < 1.29 is 33.0 Å². The highest BCUT2D eigenvalue weighted by Crippen LogP contribution is 2.32. The van der Waals surface area contributed by atoms with E-state index in [0.29, 0.717) is 23.7 Å². The van der Waals surface area contributed by atoms with E-state index in [-0.39, 0.29) is 18.7 Å². The van der Waals surface area contributed by atoms with E-state index in [2.05, 4.69) is 10.3 Å². The predicted molar refractivity (Wildman–Crippen MR) is 123 cm³/mol. The van der Waals surface area contributed by atoms with Crippen LogP contribution >= 0.6 is 0 Å². The van der Waals surface area contributed by atoms with Gasteiger partial charge in [0, 0.05) is 19.2 Å². The van der Waals surface area contributed by atoms with Crippen molar-refractivity contribution in [2.24, 2.45) is 11.5 Å². The minimum absolute atomic E-state index is 0.0319. The number of carboxylic acids is 1. The van der Waals surface area contributed by atoms with Gasteiger partial charge in [0.15, 0.2) is 17.7 Å². The molecule has 35 heavy (non-hydrogen) atoms. The molecule has 6 N–H and O–H groups in total. The topological polar surface area (TPSA) is 150 Å². The second-order valence-corrected chi connectivity index (χ2v) is 7.51. The molecule has 11 heteroatoms. The molecule has 0 radical (unpaired) electrons. The minimum Gasteiger partial charge on any atom is -0.479 e. The first kappa shape index (κ1) is 25.4. The molecule has 0 aliphatic carbocycles. The Bertz CT molecular complexity index is 1240. The molecular weight excluding hydrogens is 462 g/mol. The van der Waals surface area contributed by atoms with Gasteiger partial charge in [-0.25, -0.2) is 18.4 Å². The first-order valence-electron chi connectivity index (χ1n) is 10.6. The molecule has 1 heterocycles. The number of primary amides is 1. The normalized spacial score (nSPS) is 11.5. The Balaban J connectivity index is 2.00. The van der Waals surface area contributed by atoms with E-state index >= 15 is 0 Å². The average molecular weight is 486 g/mol. The number of rotatable bonds is 10. The van der Waals surface area contributed by atoms with E-state index in [9.17, 15) is 18.4 Å². The Morgan fingerprint density at radius 2 is 1.77 bits per heavy atom. The van der Waals surface area contributed by atoms with Gasteiger partial charge in [0.05, 0.1) is 0 Å². The third kappa shape index (κ3) is 6.64. The van der Waals surface area contributed by atoms with Crippen LogP contribution in [0.25, 0.3) is 11.1 Å². The maximum Gasteiger partial charge on any atom is 0.344 e. The molecule has 0 spiro atoms. The summed E-state index contributed by atoms with van der Waals surface area (Å²) < 4.78 is 39.4. The van der Waals surface area contributed by atoms with Gasteiger partial charge in [-0.3, -0.25) is 0 Å². The number of hydrogen-bond donors (Lipinski definition) is 4. The lowest BCUT2D eigenvalue weighted by Gasteiger charge is -2.15. The van der Waals surface area contributed by atoms with Crippen molar-refractivity contribution in [2.45, 2.75) is 32.5 Å². The van der Waals surface area contributed by atoms with Crippen molar-refractivity contribution in [1.82, 2.24) is 10.3 Å². The van der Waals surface area contributed by atoms with Gasteiger partial charge in [0.2, 0.25) is 0 Å². The molecule has 2 aromatic carbocycles. The number of ether oxygens (including phenoxy) is 2. The smallest absolute Gasteiger partial charge is 0.344 e. The van der Waals surface area contributed by atoms with E-state index in [1.807, 2.05) is 24.3 Å². The Morgan fingerprint density at radius 1 is 1.06 bits per heavy atom. The van der Waals surface area contributed by atoms with Gasteiger partial charge < -0.3 is 31.4 Å². The number of nitrogens with one attached hydrogen (secondary N) is 1. The van der Waals surface area contributed by atoms with Crippen LogP contribution in [0.3, 0.4) is 0 Å². The summed E-state index contributed by atoms with van der Waals surface area (Å²) in [4.78, 5) is 26.1. The Morgan fingerprint density at radius 3 is 2.43 bits per heavy atom. The summed E-state index contributed by atoms with van der Waals surface area (Å²) in [6.45, 7) is 1.91. The van der Waals surface area contributed by atoms with E-state index in [1.165, 1.54) is 13.0 Å². The minimum atomic E-state index is -1.38. The zero-order valence-corrected chi connectivity index (χ0v) is 18.8. The molecule has 0 fully saturated rings. The fourth-order valence-corrected chi connectivity index (χ4v) is 3.20. The molecule has 0 saturated heterocycles. The summed E-state index contributed by atoms with van der Waals surface area (Å²) in [5.74, 6) is -4.82. The fraction of sp³-hybridized carbons (Fsp3) is 0.208. The molecule has 1 aromatic heterocycles. The largest absolute Gasteiger partial charge is 0.479 e. The number of nitrogens with two attached hydrogens (primary N) is 2. The second-order valence-electron chi connectivity index (χ2n) is 7.51. The molecule has 184 valence electrons. The van der Waals surface area contributed by atoms with Crippen molar-refractivity contribution >= 4 is 12.0 Å². The van der Waals surface area contributed by atoms with Crippen molar-refractivity contribution in [3.63, 3.8) is 0 Å². The molecule has 0 saturated carbocycles. The molecule has 3 rings (SSSR count). The first-order chi connectivity index (χ1) is 16.7. The van der Waals surface area contributed by atoms with E-state index in [0.717, 1.165) is 11.1 Å². The van der Waals surface area contributed by atoms with Gasteiger partial charge >= 0.3 is 12.0 Å². The number of halogens is 2. The number of aliphatic carboxylic acids is 1. The molecule has 0 bridgehead atoms. The SMILES string of the molecule is CCC(Oc1nc(Oc2cc(CNC(N)=O)cc(-c3cccc(CN)c3)c2)c(F)cc1F)C(=O)O.